The van der Waals surface area contributed by atoms with Gasteiger partial charge in [0, 0.05) is 18.2 Å². The van der Waals surface area contributed by atoms with Crippen LogP contribution in [-0.2, 0) is 9.47 Å². The van der Waals surface area contributed by atoms with E-state index in [-0.39, 0.29) is 24.4 Å². The lowest BCUT2D eigenvalue weighted by molar-refractivity contribution is -0.0470. The highest BCUT2D eigenvalue weighted by Crippen LogP contribution is 2.32. The molecule has 1 fully saturated rings. The molecule has 0 bridgehead atoms. The number of aliphatic hydroxyl groups is 1. The summed E-state index contributed by atoms with van der Waals surface area (Å²) >= 11 is 0. The Morgan fingerprint density at radius 2 is 2.11 bits per heavy atom. The fourth-order valence-corrected chi connectivity index (χ4v) is 2.78. The predicted octanol–water partition coefficient (Wildman–Crippen LogP) is 1.71. The van der Waals surface area contributed by atoms with Crippen LogP contribution < -0.4 is 5.32 Å². The normalized spacial score (nSPS) is 30.0. The zero-order chi connectivity index (χ0) is 13.6. The van der Waals surface area contributed by atoms with E-state index in [1.807, 2.05) is 13.8 Å². The average molecular weight is 259 g/mol. The van der Waals surface area contributed by atoms with Crippen LogP contribution in [0.3, 0.4) is 0 Å². The second kappa shape index (κ2) is 7.43. The highest BCUT2D eigenvalue weighted by molar-refractivity contribution is 4.97. The van der Waals surface area contributed by atoms with E-state index in [0.29, 0.717) is 12.6 Å². The van der Waals surface area contributed by atoms with Crippen molar-refractivity contribution in [2.45, 2.75) is 70.7 Å². The van der Waals surface area contributed by atoms with E-state index in [2.05, 4.69) is 19.2 Å². The van der Waals surface area contributed by atoms with Gasteiger partial charge in [0.15, 0.2) is 0 Å². The van der Waals surface area contributed by atoms with Crippen LogP contribution >= 0.6 is 0 Å². The van der Waals surface area contributed by atoms with Crippen LogP contribution in [0.5, 0.6) is 0 Å². The lowest BCUT2D eigenvalue weighted by atomic mass is 9.97. The van der Waals surface area contributed by atoms with E-state index in [9.17, 15) is 5.11 Å². The first-order chi connectivity index (χ1) is 8.51. The molecule has 0 radical (unpaired) electrons. The van der Waals surface area contributed by atoms with E-state index in [0.717, 1.165) is 25.9 Å². The molecule has 3 atom stereocenters. The molecule has 4 nitrogen and oxygen atoms in total. The van der Waals surface area contributed by atoms with Crippen LogP contribution in [-0.4, -0.2) is 48.7 Å². The third kappa shape index (κ3) is 4.84. The van der Waals surface area contributed by atoms with Crippen molar-refractivity contribution in [3.8, 4) is 0 Å². The Balaban J connectivity index is 2.39. The highest BCUT2D eigenvalue weighted by Gasteiger charge is 2.39. The summed E-state index contributed by atoms with van der Waals surface area (Å²) in [7, 11) is 0. The molecule has 1 aliphatic carbocycles. The van der Waals surface area contributed by atoms with Crippen LogP contribution in [0.15, 0.2) is 0 Å². The van der Waals surface area contributed by atoms with Crippen LogP contribution in [0.2, 0.25) is 0 Å². The summed E-state index contributed by atoms with van der Waals surface area (Å²) in [5.41, 5.74) is -0.149. The highest BCUT2D eigenvalue weighted by atomic mass is 16.5. The van der Waals surface area contributed by atoms with E-state index in [1.165, 1.54) is 0 Å². The van der Waals surface area contributed by atoms with E-state index in [1.54, 1.807) is 0 Å². The molecule has 0 heterocycles. The van der Waals surface area contributed by atoms with Gasteiger partial charge >= 0.3 is 0 Å². The monoisotopic (exact) mass is 259 g/mol. The number of ether oxygens (including phenoxy) is 2. The van der Waals surface area contributed by atoms with Crippen molar-refractivity contribution in [1.82, 2.24) is 5.32 Å². The Hall–Kier alpha value is -0.160. The maximum Gasteiger partial charge on any atom is 0.0784 e. The molecular formula is C14H29NO3. The smallest absolute Gasteiger partial charge is 0.0784 e. The summed E-state index contributed by atoms with van der Waals surface area (Å²) in [6.45, 7) is 9.83. The predicted molar refractivity (Wildman–Crippen MR) is 72.8 cm³/mol. The molecule has 0 aliphatic heterocycles. The molecule has 0 amide bonds. The van der Waals surface area contributed by atoms with E-state index in [4.69, 9.17) is 9.47 Å². The summed E-state index contributed by atoms with van der Waals surface area (Å²) < 4.78 is 11.3. The van der Waals surface area contributed by atoms with E-state index >= 15 is 0 Å². The Bertz CT molecular complexity index is 235. The number of aliphatic hydroxyl groups excluding tert-OH is 1. The Kier molecular flexibility index (Phi) is 6.57. The summed E-state index contributed by atoms with van der Waals surface area (Å²) in [5.74, 6) is 0. The first-order valence-electron chi connectivity index (χ1n) is 7.13. The lowest BCUT2D eigenvalue weighted by Crippen LogP contribution is -2.50. The van der Waals surface area contributed by atoms with Gasteiger partial charge in [-0.25, -0.2) is 0 Å². The maximum absolute atomic E-state index is 9.62. The molecule has 3 unspecified atom stereocenters. The maximum atomic E-state index is 9.62. The zero-order valence-corrected chi connectivity index (χ0v) is 12.2. The van der Waals surface area contributed by atoms with Crippen LogP contribution in [0, 0.1) is 0 Å². The third-order valence-electron chi connectivity index (χ3n) is 3.44. The minimum Gasteiger partial charge on any atom is -0.394 e. The molecule has 2 N–H and O–H groups in total. The molecule has 4 heteroatoms. The van der Waals surface area contributed by atoms with Crippen molar-refractivity contribution in [3.63, 3.8) is 0 Å². The quantitative estimate of drug-likeness (QED) is 0.697. The van der Waals surface area contributed by atoms with Gasteiger partial charge in [0.05, 0.1) is 25.4 Å². The third-order valence-corrected chi connectivity index (χ3v) is 3.44. The first kappa shape index (κ1) is 15.9. The molecule has 1 rings (SSSR count). The Morgan fingerprint density at radius 1 is 1.39 bits per heavy atom. The molecule has 1 saturated carbocycles. The van der Waals surface area contributed by atoms with Gasteiger partial charge in [0.1, 0.15) is 0 Å². The Morgan fingerprint density at radius 3 is 2.67 bits per heavy atom. The van der Waals surface area contributed by atoms with Crippen molar-refractivity contribution in [2.75, 3.05) is 19.8 Å². The van der Waals surface area contributed by atoms with Gasteiger partial charge in [-0.3, -0.25) is 0 Å². The molecule has 0 saturated heterocycles. The number of rotatable bonds is 8. The van der Waals surface area contributed by atoms with Gasteiger partial charge in [0.2, 0.25) is 0 Å². The van der Waals surface area contributed by atoms with Gasteiger partial charge in [0.25, 0.3) is 0 Å². The summed E-state index contributed by atoms with van der Waals surface area (Å²) in [5, 5.41) is 13.1. The minimum atomic E-state index is -0.149. The van der Waals surface area contributed by atoms with Gasteiger partial charge in [-0.15, -0.1) is 0 Å². The van der Waals surface area contributed by atoms with Gasteiger partial charge < -0.3 is 19.9 Å². The van der Waals surface area contributed by atoms with Gasteiger partial charge in [-0.1, -0.05) is 13.8 Å². The topological polar surface area (TPSA) is 50.7 Å². The number of hydrogen-bond acceptors (Lipinski definition) is 4. The molecule has 0 aromatic heterocycles. The van der Waals surface area contributed by atoms with Crippen LogP contribution in [0.4, 0.5) is 0 Å². The molecule has 18 heavy (non-hydrogen) atoms. The Labute approximate surface area is 111 Å². The minimum absolute atomic E-state index is 0.128. The summed E-state index contributed by atoms with van der Waals surface area (Å²) in [6.07, 6.45) is 3.24. The van der Waals surface area contributed by atoms with Crippen molar-refractivity contribution >= 4 is 0 Å². The summed E-state index contributed by atoms with van der Waals surface area (Å²) in [4.78, 5) is 0. The SMILES string of the molecule is CCOCC(C)OC1CCC(CO)(NC(C)C)C1. The molecule has 108 valence electrons. The lowest BCUT2D eigenvalue weighted by Gasteiger charge is -2.31. The van der Waals surface area contributed by atoms with Gasteiger partial charge in [-0.2, -0.15) is 0 Å². The van der Waals surface area contributed by atoms with E-state index < -0.39 is 0 Å². The van der Waals surface area contributed by atoms with Gasteiger partial charge in [-0.05, 0) is 33.1 Å². The fraction of sp³-hybridized carbons (Fsp3) is 1.00. The molecule has 0 spiro atoms. The number of nitrogens with one attached hydrogen (secondary N) is 1. The molecular weight excluding hydrogens is 230 g/mol. The van der Waals surface area contributed by atoms with Crippen molar-refractivity contribution < 1.29 is 14.6 Å². The molecule has 0 aromatic carbocycles. The summed E-state index contributed by atoms with van der Waals surface area (Å²) in [6, 6.07) is 0.386. The number of hydrogen-bond donors (Lipinski definition) is 2. The first-order valence-corrected chi connectivity index (χ1v) is 7.13. The largest absolute Gasteiger partial charge is 0.394 e. The molecule has 1 aliphatic rings. The van der Waals surface area contributed by atoms with Crippen LogP contribution in [0.1, 0.15) is 47.0 Å². The van der Waals surface area contributed by atoms with Crippen molar-refractivity contribution in [2.24, 2.45) is 0 Å². The second-order valence-corrected chi connectivity index (χ2v) is 5.71. The van der Waals surface area contributed by atoms with Crippen molar-refractivity contribution in [1.29, 1.82) is 0 Å². The second-order valence-electron chi connectivity index (χ2n) is 5.71. The average Bonchev–Trinajstić information content (AvgIpc) is 2.69. The van der Waals surface area contributed by atoms with Crippen molar-refractivity contribution in [3.05, 3.63) is 0 Å². The van der Waals surface area contributed by atoms with Crippen LogP contribution in [0.25, 0.3) is 0 Å². The standard InChI is InChI=1S/C14H29NO3/c1-5-17-9-12(4)18-13-6-7-14(8-13,10-16)15-11(2)3/h11-13,15-16H,5-10H2,1-4H3. The molecule has 0 aromatic rings. The zero-order valence-electron chi connectivity index (χ0n) is 12.2. The fourth-order valence-electron chi connectivity index (χ4n) is 2.78.